The molecule has 1 aliphatic rings. The first-order valence-electron chi connectivity index (χ1n) is 10.5. The summed E-state index contributed by atoms with van der Waals surface area (Å²) < 4.78 is 5.55. The zero-order valence-electron chi connectivity index (χ0n) is 17.9. The molecule has 0 aliphatic carbocycles. The largest absolute Gasteiger partial charge is 0.495 e. The van der Waals surface area contributed by atoms with E-state index in [4.69, 9.17) is 4.74 Å². The molecule has 3 heterocycles. The number of nitrogens with one attached hydrogen (secondary N) is 1. The maximum absolute atomic E-state index is 12.7. The molecule has 2 atom stereocenters. The zero-order chi connectivity index (χ0) is 21.6. The zero-order valence-corrected chi connectivity index (χ0v) is 18.7. The van der Waals surface area contributed by atoms with Gasteiger partial charge in [-0.15, -0.1) is 11.3 Å². The van der Waals surface area contributed by atoms with Crippen molar-refractivity contribution < 1.29 is 9.53 Å². The first-order chi connectivity index (χ1) is 15.2. The lowest BCUT2D eigenvalue weighted by Gasteiger charge is -2.42. The Bertz CT molecular complexity index is 972. The normalized spacial score (nSPS) is 16.5. The average Bonchev–Trinajstić information content (AvgIpc) is 3.34. The van der Waals surface area contributed by atoms with E-state index in [1.54, 1.807) is 43.0 Å². The summed E-state index contributed by atoms with van der Waals surface area (Å²) in [6, 6.07) is 16.1. The summed E-state index contributed by atoms with van der Waals surface area (Å²) in [6.45, 7) is 5.73. The summed E-state index contributed by atoms with van der Waals surface area (Å²) in [5.74, 6) is 0.817. The number of aromatic nitrogens is 1. The highest BCUT2D eigenvalue weighted by molar-refractivity contribution is 7.10. The van der Waals surface area contributed by atoms with Gasteiger partial charge in [-0.3, -0.25) is 14.7 Å². The number of piperazine rings is 1. The third-order valence-corrected chi connectivity index (χ3v) is 6.67. The van der Waals surface area contributed by atoms with Crippen LogP contribution in [0.5, 0.6) is 5.75 Å². The van der Waals surface area contributed by atoms with Gasteiger partial charge < -0.3 is 15.0 Å². The van der Waals surface area contributed by atoms with Gasteiger partial charge in [0.05, 0.1) is 24.4 Å². The molecule has 4 rings (SSSR count). The van der Waals surface area contributed by atoms with E-state index in [2.05, 4.69) is 56.7 Å². The highest BCUT2D eigenvalue weighted by Crippen LogP contribution is 2.32. The number of anilines is 1. The van der Waals surface area contributed by atoms with E-state index >= 15 is 0 Å². The topological polar surface area (TPSA) is 57.7 Å². The van der Waals surface area contributed by atoms with Crippen LogP contribution in [0, 0.1) is 0 Å². The van der Waals surface area contributed by atoms with E-state index in [0.717, 1.165) is 37.6 Å². The third-order valence-electron chi connectivity index (χ3n) is 5.72. The SMILES string of the molecule is COc1ccccc1N1CCN([C@H](c2cccs2)[C@H](C)NC(=O)c2cccnc2)CC1. The molecule has 1 N–H and O–H groups in total. The van der Waals surface area contributed by atoms with Gasteiger partial charge in [0.15, 0.2) is 0 Å². The number of hydrogen-bond donors (Lipinski definition) is 1. The number of rotatable bonds is 7. The van der Waals surface area contributed by atoms with E-state index in [-0.39, 0.29) is 18.0 Å². The third kappa shape index (κ3) is 4.89. The van der Waals surface area contributed by atoms with Crippen molar-refractivity contribution in [2.75, 3.05) is 38.2 Å². The van der Waals surface area contributed by atoms with E-state index < -0.39 is 0 Å². The lowest BCUT2D eigenvalue weighted by atomic mass is 10.0. The summed E-state index contributed by atoms with van der Waals surface area (Å²) in [4.78, 5) is 22.9. The molecule has 1 saturated heterocycles. The van der Waals surface area contributed by atoms with Crippen LogP contribution in [-0.4, -0.2) is 55.1 Å². The molecule has 1 amide bonds. The Labute approximate surface area is 187 Å². The van der Waals surface area contributed by atoms with Crippen LogP contribution < -0.4 is 15.0 Å². The monoisotopic (exact) mass is 436 g/mol. The maximum atomic E-state index is 12.7. The summed E-state index contributed by atoms with van der Waals surface area (Å²) in [7, 11) is 1.72. The Kier molecular flexibility index (Phi) is 6.84. The number of benzene rings is 1. The maximum Gasteiger partial charge on any atom is 0.253 e. The second-order valence-electron chi connectivity index (χ2n) is 7.66. The van der Waals surface area contributed by atoms with E-state index in [1.807, 2.05) is 12.1 Å². The van der Waals surface area contributed by atoms with Crippen molar-refractivity contribution in [2.45, 2.75) is 19.0 Å². The number of hydrogen-bond acceptors (Lipinski definition) is 6. The van der Waals surface area contributed by atoms with Crippen LogP contribution in [-0.2, 0) is 0 Å². The van der Waals surface area contributed by atoms with Crippen LogP contribution in [0.15, 0.2) is 66.3 Å². The fraction of sp³-hybridized carbons (Fsp3) is 0.333. The van der Waals surface area contributed by atoms with Gasteiger partial charge in [0, 0.05) is 49.5 Å². The smallest absolute Gasteiger partial charge is 0.253 e. The fourth-order valence-corrected chi connectivity index (χ4v) is 5.16. The quantitative estimate of drug-likeness (QED) is 0.610. The Morgan fingerprint density at radius 2 is 1.90 bits per heavy atom. The number of nitrogens with zero attached hydrogens (tertiary/aromatic N) is 3. The van der Waals surface area contributed by atoms with Crippen molar-refractivity contribution in [1.29, 1.82) is 0 Å². The van der Waals surface area contributed by atoms with Gasteiger partial charge in [-0.25, -0.2) is 0 Å². The first kappa shape index (κ1) is 21.3. The molecule has 31 heavy (non-hydrogen) atoms. The number of pyridine rings is 1. The van der Waals surface area contributed by atoms with Crippen molar-refractivity contribution in [3.05, 3.63) is 76.7 Å². The second kappa shape index (κ2) is 9.94. The highest BCUT2D eigenvalue weighted by Gasteiger charge is 2.31. The number of methoxy groups -OCH3 is 1. The minimum Gasteiger partial charge on any atom is -0.495 e. The number of carbonyl (C=O) groups excluding carboxylic acids is 1. The minimum absolute atomic E-state index is 0.0378. The van der Waals surface area contributed by atoms with Crippen LogP contribution in [0.2, 0.25) is 0 Å². The molecule has 1 aliphatic heterocycles. The van der Waals surface area contributed by atoms with Crippen LogP contribution >= 0.6 is 11.3 Å². The molecule has 6 nitrogen and oxygen atoms in total. The average molecular weight is 437 g/mol. The van der Waals surface area contributed by atoms with Gasteiger partial charge in [-0.1, -0.05) is 18.2 Å². The molecule has 1 fully saturated rings. The molecule has 0 spiro atoms. The van der Waals surface area contributed by atoms with Crippen molar-refractivity contribution in [2.24, 2.45) is 0 Å². The summed E-state index contributed by atoms with van der Waals surface area (Å²) in [5, 5.41) is 5.30. The van der Waals surface area contributed by atoms with E-state index in [9.17, 15) is 4.79 Å². The van der Waals surface area contributed by atoms with Crippen LogP contribution in [0.1, 0.15) is 28.2 Å². The molecule has 2 aromatic heterocycles. The molecule has 0 saturated carbocycles. The van der Waals surface area contributed by atoms with Crippen molar-refractivity contribution >= 4 is 22.9 Å². The molecule has 0 unspecified atom stereocenters. The molecule has 1 aromatic carbocycles. The summed E-state index contributed by atoms with van der Waals surface area (Å²) in [6.07, 6.45) is 3.28. The van der Waals surface area contributed by atoms with Gasteiger partial charge in [0.2, 0.25) is 0 Å². The number of ether oxygens (including phenoxy) is 1. The molecule has 7 heteroatoms. The number of thiophene rings is 1. The fourth-order valence-electron chi connectivity index (χ4n) is 4.20. The van der Waals surface area contributed by atoms with Gasteiger partial charge in [0.25, 0.3) is 5.91 Å². The van der Waals surface area contributed by atoms with Crippen LogP contribution in [0.4, 0.5) is 5.69 Å². The van der Waals surface area contributed by atoms with Crippen LogP contribution in [0.25, 0.3) is 0 Å². The Morgan fingerprint density at radius 3 is 2.58 bits per heavy atom. The van der Waals surface area contributed by atoms with Crippen molar-refractivity contribution in [3.63, 3.8) is 0 Å². The van der Waals surface area contributed by atoms with Crippen LogP contribution in [0.3, 0.4) is 0 Å². The van der Waals surface area contributed by atoms with Crippen molar-refractivity contribution in [3.8, 4) is 5.75 Å². The standard InChI is InChI=1S/C24H28N4O2S/c1-18(26-24(29)19-7-5-11-25-17-19)23(22-10-6-16-31-22)28-14-12-27(13-15-28)20-8-3-4-9-21(20)30-2/h3-11,16-18,23H,12-15H2,1-2H3,(H,26,29)/t18-,23-/m0/s1. The Hall–Kier alpha value is -2.90. The number of carbonyl (C=O) groups is 1. The molecular weight excluding hydrogens is 408 g/mol. The number of amides is 1. The predicted molar refractivity (Wildman–Crippen MR) is 125 cm³/mol. The van der Waals surface area contributed by atoms with E-state index in [1.165, 1.54) is 4.88 Å². The summed E-state index contributed by atoms with van der Waals surface area (Å²) >= 11 is 1.74. The lowest BCUT2D eigenvalue weighted by Crippen LogP contribution is -2.52. The summed E-state index contributed by atoms with van der Waals surface area (Å²) in [5.41, 5.74) is 1.72. The molecule has 3 aromatic rings. The van der Waals surface area contributed by atoms with E-state index in [0.29, 0.717) is 5.56 Å². The highest BCUT2D eigenvalue weighted by atomic mass is 32.1. The van der Waals surface area contributed by atoms with Gasteiger partial charge in [-0.2, -0.15) is 0 Å². The van der Waals surface area contributed by atoms with Crippen molar-refractivity contribution in [1.82, 2.24) is 15.2 Å². The first-order valence-corrected chi connectivity index (χ1v) is 11.4. The molecular formula is C24H28N4O2S. The molecule has 0 bridgehead atoms. The van der Waals surface area contributed by atoms with Gasteiger partial charge in [-0.05, 0) is 42.6 Å². The molecule has 0 radical (unpaired) electrons. The number of para-hydroxylation sites is 2. The van der Waals surface area contributed by atoms with Gasteiger partial charge in [0.1, 0.15) is 5.75 Å². The lowest BCUT2D eigenvalue weighted by molar-refractivity contribution is 0.0890. The Morgan fingerprint density at radius 1 is 1.10 bits per heavy atom. The predicted octanol–water partition coefficient (Wildman–Crippen LogP) is 3.83. The minimum atomic E-state index is -0.0881. The molecule has 162 valence electrons. The Balaban J connectivity index is 1.47. The van der Waals surface area contributed by atoms with Gasteiger partial charge >= 0.3 is 0 Å². The second-order valence-corrected chi connectivity index (χ2v) is 8.64.